The third-order valence-electron chi connectivity index (χ3n) is 4.18. The van der Waals surface area contributed by atoms with Crippen molar-refractivity contribution in [3.05, 3.63) is 65.2 Å². The number of halogens is 3. The first-order valence-corrected chi connectivity index (χ1v) is 10.3. The second-order valence-electron chi connectivity index (χ2n) is 6.10. The minimum atomic E-state index is -4.61. The average molecular weight is 443 g/mol. The number of nitrogens with zero attached hydrogens (tertiary/aromatic N) is 1. The first-order valence-electron chi connectivity index (χ1n) is 8.88. The molecule has 0 fully saturated rings. The van der Waals surface area contributed by atoms with Crippen LogP contribution in [-0.2, 0) is 16.2 Å². The summed E-state index contributed by atoms with van der Waals surface area (Å²) in [6.07, 6.45) is -4.61. The Morgan fingerprint density at radius 2 is 1.40 bits per heavy atom. The molecule has 0 heterocycles. The lowest BCUT2D eigenvalue weighted by Gasteiger charge is -2.18. The first-order chi connectivity index (χ1) is 14.0. The standard InChI is InChI=1S/C19H20F3N3O4S/c1-3-25(4-2)30(28,29)16-10-6-8-14(12-16)18(27)24-23-17(26)13-7-5-9-15(11-13)19(20,21)22/h5-12H,3-4H2,1-2H3,(H,23,26)(H,24,27). The van der Waals surface area contributed by atoms with Crippen LogP contribution in [-0.4, -0.2) is 37.6 Å². The number of alkyl halides is 3. The van der Waals surface area contributed by atoms with Crippen LogP contribution >= 0.6 is 0 Å². The van der Waals surface area contributed by atoms with E-state index in [0.717, 1.165) is 24.3 Å². The van der Waals surface area contributed by atoms with Crippen molar-refractivity contribution in [2.45, 2.75) is 24.9 Å². The van der Waals surface area contributed by atoms with Gasteiger partial charge in [-0.2, -0.15) is 17.5 Å². The molecule has 0 radical (unpaired) electrons. The maximum atomic E-state index is 12.8. The van der Waals surface area contributed by atoms with Crippen molar-refractivity contribution < 1.29 is 31.2 Å². The minimum Gasteiger partial charge on any atom is -0.267 e. The summed E-state index contributed by atoms with van der Waals surface area (Å²) in [4.78, 5) is 24.2. The van der Waals surface area contributed by atoms with Gasteiger partial charge in [-0.3, -0.25) is 20.4 Å². The maximum absolute atomic E-state index is 12.8. The third-order valence-corrected chi connectivity index (χ3v) is 6.23. The van der Waals surface area contributed by atoms with Gasteiger partial charge in [-0.25, -0.2) is 8.42 Å². The second kappa shape index (κ2) is 9.26. The molecular formula is C19H20F3N3O4S. The number of hydrogen-bond acceptors (Lipinski definition) is 4. The smallest absolute Gasteiger partial charge is 0.267 e. The topological polar surface area (TPSA) is 95.6 Å². The highest BCUT2D eigenvalue weighted by molar-refractivity contribution is 7.89. The van der Waals surface area contributed by atoms with Gasteiger partial charge in [0.25, 0.3) is 11.8 Å². The Kier molecular flexibility index (Phi) is 7.21. The molecule has 2 amide bonds. The van der Waals surface area contributed by atoms with Gasteiger partial charge >= 0.3 is 6.18 Å². The molecule has 0 aromatic heterocycles. The van der Waals surface area contributed by atoms with Crippen molar-refractivity contribution in [2.75, 3.05) is 13.1 Å². The normalized spacial score (nSPS) is 11.9. The van der Waals surface area contributed by atoms with Crippen LogP contribution in [0.15, 0.2) is 53.4 Å². The molecule has 162 valence electrons. The van der Waals surface area contributed by atoms with Crippen molar-refractivity contribution >= 4 is 21.8 Å². The number of nitrogens with one attached hydrogen (secondary N) is 2. The van der Waals surface area contributed by atoms with Crippen molar-refractivity contribution in [2.24, 2.45) is 0 Å². The highest BCUT2D eigenvalue weighted by Crippen LogP contribution is 2.29. The van der Waals surface area contributed by atoms with Gasteiger partial charge in [0, 0.05) is 24.2 Å². The Bertz CT molecular complexity index is 1040. The number of sulfonamides is 1. The molecule has 0 atom stereocenters. The van der Waals surface area contributed by atoms with Gasteiger partial charge in [-0.1, -0.05) is 26.0 Å². The molecule has 2 aromatic rings. The monoisotopic (exact) mass is 443 g/mol. The maximum Gasteiger partial charge on any atom is 0.416 e. The lowest BCUT2D eigenvalue weighted by Crippen LogP contribution is -2.41. The molecule has 2 rings (SSSR count). The van der Waals surface area contributed by atoms with E-state index in [4.69, 9.17) is 0 Å². The zero-order valence-electron chi connectivity index (χ0n) is 16.2. The van der Waals surface area contributed by atoms with Crippen LogP contribution in [0.4, 0.5) is 13.2 Å². The van der Waals surface area contributed by atoms with Crippen molar-refractivity contribution in [3.8, 4) is 0 Å². The summed E-state index contributed by atoms with van der Waals surface area (Å²) in [5.74, 6) is -1.78. The van der Waals surface area contributed by atoms with Gasteiger partial charge in [0.15, 0.2) is 0 Å². The van der Waals surface area contributed by atoms with Crippen molar-refractivity contribution in [1.82, 2.24) is 15.2 Å². The number of carbonyl (C=O) groups is 2. The average Bonchev–Trinajstić information content (AvgIpc) is 2.72. The van der Waals surface area contributed by atoms with Crippen LogP contribution in [0, 0.1) is 0 Å². The molecule has 0 saturated carbocycles. The fourth-order valence-electron chi connectivity index (χ4n) is 2.61. The number of carbonyl (C=O) groups excluding carboxylic acids is 2. The van der Waals surface area contributed by atoms with E-state index in [1.807, 2.05) is 5.43 Å². The molecule has 7 nitrogen and oxygen atoms in total. The summed E-state index contributed by atoms with van der Waals surface area (Å²) in [5, 5.41) is 0. The highest BCUT2D eigenvalue weighted by atomic mass is 32.2. The Morgan fingerprint density at radius 1 is 0.900 bits per heavy atom. The Hall–Kier alpha value is -2.92. The largest absolute Gasteiger partial charge is 0.416 e. The second-order valence-corrected chi connectivity index (χ2v) is 8.04. The molecule has 0 aliphatic rings. The zero-order chi connectivity index (χ0) is 22.5. The van der Waals surface area contributed by atoms with Crippen LogP contribution in [0.5, 0.6) is 0 Å². The molecular weight excluding hydrogens is 423 g/mol. The van der Waals surface area contributed by atoms with Gasteiger partial charge in [0.1, 0.15) is 0 Å². The number of hydrogen-bond donors (Lipinski definition) is 2. The minimum absolute atomic E-state index is 0.0485. The number of amides is 2. The number of hydrazine groups is 1. The lowest BCUT2D eigenvalue weighted by molar-refractivity contribution is -0.137. The van der Waals surface area contributed by atoms with E-state index in [-0.39, 0.29) is 29.1 Å². The SMILES string of the molecule is CCN(CC)S(=O)(=O)c1cccc(C(=O)NNC(=O)c2cccc(C(F)(F)F)c2)c1. The molecule has 30 heavy (non-hydrogen) atoms. The number of rotatable bonds is 6. The summed E-state index contributed by atoms with van der Waals surface area (Å²) in [5.41, 5.74) is 2.72. The van der Waals surface area contributed by atoms with E-state index in [1.165, 1.54) is 22.5 Å². The van der Waals surface area contributed by atoms with E-state index in [2.05, 4.69) is 5.43 Å². The van der Waals surface area contributed by atoms with Gasteiger partial charge in [-0.05, 0) is 36.4 Å². The molecule has 2 N–H and O–H groups in total. The van der Waals surface area contributed by atoms with Gasteiger partial charge in [0.2, 0.25) is 10.0 Å². The van der Waals surface area contributed by atoms with Crippen molar-refractivity contribution in [1.29, 1.82) is 0 Å². The van der Waals surface area contributed by atoms with E-state index >= 15 is 0 Å². The molecule has 0 saturated heterocycles. The summed E-state index contributed by atoms with van der Waals surface area (Å²) < 4.78 is 64.6. The fraction of sp³-hybridized carbons (Fsp3) is 0.263. The molecule has 0 spiro atoms. The third kappa shape index (κ3) is 5.36. The number of benzene rings is 2. The summed E-state index contributed by atoms with van der Waals surface area (Å²) in [7, 11) is -3.79. The summed E-state index contributed by atoms with van der Waals surface area (Å²) >= 11 is 0. The molecule has 11 heteroatoms. The molecule has 0 aliphatic carbocycles. The van der Waals surface area contributed by atoms with Gasteiger partial charge < -0.3 is 0 Å². The van der Waals surface area contributed by atoms with E-state index < -0.39 is 33.6 Å². The van der Waals surface area contributed by atoms with E-state index in [0.29, 0.717) is 6.07 Å². The molecule has 0 aliphatic heterocycles. The Labute approximate surface area is 171 Å². The fourth-order valence-corrected chi connectivity index (χ4v) is 4.11. The van der Waals surface area contributed by atoms with Crippen LogP contribution in [0.25, 0.3) is 0 Å². The Morgan fingerprint density at radius 3 is 1.90 bits per heavy atom. The van der Waals surface area contributed by atoms with Crippen LogP contribution in [0.3, 0.4) is 0 Å². The van der Waals surface area contributed by atoms with Gasteiger partial charge in [-0.15, -0.1) is 0 Å². The van der Waals surface area contributed by atoms with Crippen LogP contribution in [0.1, 0.15) is 40.1 Å². The van der Waals surface area contributed by atoms with Crippen LogP contribution in [0.2, 0.25) is 0 Å². The van der Waals surface area contributed by atoms with Crippen molar-refractivity contribution in [3.63, 3.8) is 0 Å². The predicted molar refractivity (Wildman–Crippen MR) is 103 cm³/mol. The molecule has 0 unspecified atom stereocenters. The summed E-state index contributed by atoms with van der Waals surface area (Å²) in [6, 6.07) is 8.91. The quantitative estimate of drug-likeness (QED) is 0.672. The first kappa shape index (κ1) is 23.4. The molecule has 0 bridgehead atoms. The predicted octanol–water partition coefficient (Wildman–Crippen LogP) is 2.81. The van der Waals surface area contributed by atoms with E-state index in [1.54, 1.807) is 13.8 Å². The highest BCUT2D eigenvalue weighted by Gasteiger charge is 2.31. The summed E-state index contributed by atoms with van der Waals surface area (Å²) in [6.45, 7) is 3.87. The zero-order valence-corrected chi connectivity index (χ0v) is 17.0. The van der Waals surface area contributed by atoms with Crippen LogP contribution < -0.4 is 10.9 Å². The lowest BCUT2D eigenvalue weighted by atomic mass is 10.1. The van der Waals surface area contributed by atoms with E-state index in [9.17, 15) is 31.2 Å². The Balaban J connectivity index is 2.13. The molecule has 2 aromatic carbocycles. The van der Waals surface area contributed by atoms with Gasteiger partial charge in [0.05, 0.1) is 10.5 Å².